The van der Waals surface area contributed by atoms with E-state index in [1.807, 2.05) is 6.92 Å². The highest BCUT2D eigenvalue weighted by Gasteiger charge is 2.25. The minimum Gasteiger partial charge on any atom is -0.449 e. The summed E-state index contributed by atoms with van der Waals surface area (Å²) < 4.78 is 10.7. The molecule has 106 valence electrons. The van der Waals surface area contributed by atoms with Crippen molar-refractivity contribution in [3.63, 3.8) is 0 Å². The van der Waals surface area contributed by atoms with Crippen molar-refractivity contribution in [1.82, 2.24) is 14.8 Å². The maximum Gasteiger partial charge on any atom is 0.191 e. The highest BCUT2D eigenvalue weighted by molar-refractivity contribution is 4.96. The van der Waals surface area contributed by atoms with Gasteiger partial charge in [0, 0.05) is 45.7 Å². The van der Waals surface area contributed by atoms with Gasteiger partial charge in [0.25, 0.3) is 0 Å². The van der Waals surface area contributed by atoms with E-state index in [0.29, 0.717) is 0 Å². The van der Waals surface area contributed by atoms with Crippen molar-refractivity contribution in [2.45, 2.75) is 32.4 Å². The van der Waals surface area contributed by atoms with Crippen molar-refractivity contribution in [1.29, 1.82) is 0 Å². The third kappa shape index (κ3) is 3.35. The summed E-state index contributed by atoms with van der Waals surface area (Å²) in [6.45, 7) is 9.15. The molecule has 5 nitrogen and oxygen atoms in total. The van der Waals surface area contributed by atoms with Gasteiger partial charge in [0.2, 0.25) is 0 Å². The Morgan fingerprint density at radius 2 is 1.95 bits per heavy atom. The number of likely N-dealkylation sites (tertiary alicyclic amines) is 1. The van der Waals surface area contributed by atoms with Crippen LogP contribution in [0.15, 0.2) is 10.7 Å². The SMILES string of the molecule is Cc1nc(CN2CCC(N3CCOCC3)CC2)co1. The first kappa shape index (κ1) is 13.1. The molecule has 2 saturated heterocycles. The van der Waals surface area contributed by atoms with Gasteiger partial charge in [-0.15, -0.1) is 0 Å². The van der Waals surface area contributed by atoms with Gasteiger partial charge < -0.3 is 9.15 Å². The monoisotopic (exact) mass is 265 g/mol. The molecule has 0 radical (unpaired) electrons. The molecule has 0 atom stereocenters. The van der Waals surface area contributed by atoms with E-state index < -0.39 is 0 Å². The molecule has 0 spiro atoms. The Labute approximate surface area is 114 Å². The maximum absolute atomic E-state index is 5.42. The summed E-state index contributed by atoms with van der Waals surface area (Å²) in [4.78, 5) is 9.46. The molecular formula is C14H23N3O2. The van der Waals surface area contributed by atoms with Crippen LogP contribution in [0.2, 0.25) is 0 Å². The molecule has 2 aliphatic rings. The van der Waals surface area contributed by atoms with E-state index in [4.69, 9.17) is 9.15 Å². The summed E-state index contributed by atoms with van der Waals surface area (Å²) in [5.41, 5.74) is 1.06. The number of aryl methyl sites for hydroxylation is 1. The molecule has 0 aliphatic carbocycles. The Morgan fingerprint density at radius 3 is 2.58 bits per heavy atom. The summed E-state index contributed by atoms with van der Waals surface area (Å²) in [6.07, 6.45) is 4.30. The van der Waals surface area contributed by atoms with Crippen LogP contribution in [0.5, 0.6) is 0 Å². The van der Waals surface area contributed by atoms with E-state index in [-0.39, 0.29) is 0 Å². The second kappa shape index (κ2) is 6.03. The molecule has 0 saturated carbocycles. The number of morpholine rings is 1. The van der Waals surface area contributed by atoms with Gasteiger partial charge in [0.15, 0.2) is 5.89 Å². The number of hydrogen-bond donors (Lipinski definition) is 0. The quantitative estimate of drug-likeness (QED) is 0.823. The van der Waals surface area contributed by atoms with E-state index in [0.717, 1.165) is 63.6 Å². The van der Waals surface area contributed by atoms with Crippen LogP contribution < -0.4 is 0 Å². The molecule has 3 heterocycles. The summed E-state index contributed by atoms with van der Waals surface area (Å²) in [5, 5.41) is 0. The molecule has 1 aromatic rings. The third-order valence-electron chi connectivity index (χ3n) is 4.17. The molecule has 0 aromatic carbocycles. The van der Waals surface area contributed by atoms with Crippen LogP contribution in [0, 0.1) is 6.92 Å². The van der Waals surface area contributed by atoms with Crippen molar-refractivity contribution < 1.29 is 9.15 Å². The molecule has 0 unspecified atom stereocenters. The fraction of sp³-hybridized carbons (Fsp3) is 0.786. The maximum atomic E-state index is 5.42. The van der Waals surface area contributed by atoms with Crippen LogP contribution in [0.1, 0.15) is 24.4 Å². The summed E-state index contributed by atoms with van der Waals surface area (Å²) in [5.74, 6) is 0.762. The lowest BCUT2D eigenvalue weighted by molar-refractivity contribution is 0.000135. The van der Waals surface area contributed by atoms with Gasteiger partial charge in [-0.1, -0.05) is 0 Å². The van der Waals surface area contributed by atoms with Crippen molar-refractivity contribution in [3.8, 4) is 0 Å². The van der Waals surface area contributed by atoms with Crippen LogP contribution in [-0.4, -0.2) is 60.2 Å². The summed E-state index contributed by atoms with van der Waals surface area (Å²) in [6, 6.07) is 0.749. The molecule has 19 heavy (non-hydrogen) atoms. The van der Waals surface area contributed by atoms with Crippen molar-refractivity contribution in [2.24, 2.45) is 0 Å². The highest BCUT2D eigenvalue weighted by Crippen LogP contribution is 2.19. The Balaban J connectivity index is 1.46. The molecule has 2 fully saturated rings. The number of nitrogens with zero attached hydrogens (tertiary/aromatic N) is 3. The van der Waals surface area contributed by atoms with E-state index in [2.05, 4.69) is 14.8 Å². The second-order valence-electron chi connectivity index (χ2n) is 5.51. The largest absolute Gasteiger partial charge is 0.449 e. The standard InChI is InChI=1S/C14H23N3O2/c1-12-15-13(11-19-12)10-16-4-2-14(3-5-16)17-6-8-18-9-7-17/h11,14H,2-10H2,1H3. The van der Waals surface area contributed by atoms with E-state index in [9.17, 15) is 0 Å². The van der Waals surface area contributed by atoms with Crippen LogP contribution in [0.3, 0.4) is 0 Å². The fourth-order valence-electron chi connectivity index (χ4n) is 3.10. The van der Waals surface area contributed by atoms with E-state index >= 15 is 0 Å². The van der Waals surface area contributed by atoms with Gasteiger partial charge in [0.1, 0.15) is 6.26 Å². The van der Waals surface area contributed by atoms with Crippen LogP contribution >= 0.6 is 0 Å². The Hall–Kier alpha value is -0.910. The van der Waals surface area contributed by atoms with Crippen molar-refractivity contribution in [2.75, 3.05) is 39.4 Å². The first-order valence-corrected chi connectivity index (χ1v) is 7.26. The van der Waals surface area contributed by atoms with Gasteiger partial charge in [0.05, 0.1) is 18.9 Å². The first-order valence-electron chi connectivity index (χ1n) is 7.26. The number of rotatable bonds is 3. The van der Waals surface area contributed by atoms with Crippen LogP contribution in [0.4, 0.5) is 0 Å². The zero-order chi connectivity index (χ0) is 13.1. The zero-order valence-electron chi connectivity index (χ0n) is 11.7. The number of aromatic nitrogens is 1. The Morgan fingerprint density at radius 1 is 1.21 bits per heavy atom. The lowest BCUT2D eigenvalue weighted by Gasteiger charge is -2.39. The highest BCUT2D eigenvalue weighted by atomic mass is 16.5. The summed E-state index contributed by atoms with van der Waals surface area (Å²) >= 11 is 0. The van der Waals surface area contributed by atoms with Crippen LogP contribution in [-0.2, 0) is 11.3 Å². The number of piperidine rings is 1. The van der Waals surface area contributed by atoms with E-state index in [1.165, 1.54) is 12.8 Å². The average Bonchev–Trinajstić information content (AvgIpc) is 2.86. The Bertz CT molecular complexity index is 393. The molecular weight excluding hydrogens is 242 g/mol. The van der Waals surface area contributed by atoms with Crippen LogP contribution in [0.25, 0.3) is 0 Å². The minimum absolute atomic E-state index is 0.749. The number of ether oxygens (including phenoxy) is 1. The minimum atomic E-state index is 0.749. The van der Waals surface area contributed by atoms with Gasteiger partial charge in [-0.2, -0.15) is 0 Å². The molecule has 0 amide bonds. The third-order valence-corrected chi connectivity index (χ3v) is 4.17. The summed E-state index contributed by atoms with van der Waals surface area (Å²) in [7, 11) is 0. The lowest BCUT2D eigenvalue weighted by atomic mass is 10.0. The van der Waals surface area contributed by atoms with Gasteiger partial charge >= 0.3 is 0 Å². The predicted octanol–water partition coefficient (Wildman–Crippen LogP) is 1.28. The smallest absolute Gasteiger partial charge is 0.191 e. The average molecular weight is 265 g/mol. The molecule has 2 aliphatic heterocycles. The van der Waals surface area contributed by atoms with Gasteiger partial charge in [-0.05, 0) is 12.8 Å². The number of hydrogen-bond acceptors (Lipinski definition) is 5. The van der Waals surface area contributed by atoms with Gasteiger partial charge in [-0.25, -0.2) is 4.98 Å². The van der Waals surface area contributed by atoms with Crippen molar-refractivity contribution in [3.05, 3.63) is 17.8 Å². The number of oxazole rings is 1. The first-order chi connectivity index (χ1) is 9.31. The lowest BCUT2D eigenvalue weighted by Crippen LogP contribution is -2.48. The second-order valence-corrected chi connectivity index (χ2v) is 5.51. The normalized spacial score (nSPS) is 23.8. The van der Waals surface area contributed by atoms with Gasteiger partial charge in [-0.3, -0.25) is 9.80 Å². The van der Waals surface area contributed by atoms with E-state index in [1.54, 1.807) is 6.26 Å². The fourth-order valence-corrected chi connectivity index (χ4v) is 3.10. The predicted molar refractivity (Wildman–Crippen MR) is 71.9 cm³/mol. The zero-order valence-corrected chi connectivity index (χ0v) is 11.7. The van der Waals surface area contributed by atoms with Crippen molar-refractivity contribution >= 4 is 0 Å². The molecule has 3 rings (SSSR count). The molecule has 5 heteroatoms. The molecule has 1 aromatic heterocycles. The topological polar surface area (TPSA) is 41.7 Å². The molecule has 0 bridgehead atoms. The Kier molecular flexibility index (Phi) is 4.15. The molecule has 0 N–H and O–H groups in total.